The molecule has 1 aromatic heterocycles. The highest BCUT2D eigenvalue weighted by Gasteiger charge is 2.05. The van der Waals surface area contributed by atoms with Gasteiger partial charge in [-0.2, -0.15) is 5.10 Å². The second-order valence-corrected chi connectivity index (χ2v) is 6.78. The summed E-state index contributed by atoms with van der Waals surface area (Å²) in [6.45, 7) is 5.25. The molecule has 0 radical (unpaired) electrons. The van der Waals surface area contributed by atoms with Crippen LogP contribution in [0.25, 0.3) is 0 Å². The minimum Gasteiger partial charge on any atom is -0.490 e. The fourth-order valence-electron chi connectivity index (χ4n) is 2.57. The van der Waals surface area contributed by atoms with Crippen LogP contribution in [-0.2, 0) is 0 Å². The van der Waals surface area contributed by atoms with Gasteiger partial charge in [-0.25, -0.2) is 4.68 Å². The van der Waals surface area contributed by atoms with E-state index in [2.05, 4.69) is 41.3 Å². The molecule has 1 unspecified atom stereocenters. The summed E-state index contributed by atoms with van der Waals surface area (Å²) >= 11 is 6.09. The molecule has 0 spiro atoms. The summed E-state index contributed by atoms with van der Waals surface area (Å²) in [7, 11) is 0. The average molecular weight is 399 g/mol. The van der Waals surface area contributed by atoms with Crippen LogP contribution in [-0.4, -0.2) is 34.3 Å². The third kappa shape index (κ3) is 5.57. The smallest absolute Gasteiger partial charge is 0.141 e. The van der Waals surface area contributed by atoms with Gasteiger partial charge in [0.2, 0.25) is 0 Å². The third-order valence-electron chi connectivity index (χ3n) is 4.38. The van der Waals surface area contributed by atoms with Crippen LogP contribution in [0.15, 0.2) is 60.2 Å². The Bertz CT molecular complexity index is 895. The highest BCUT2D eigenvalue weighted by Crippen LogP contribution is 2.23. The summed E-state index contributed by atoms with van der Waals surface area (Å²) in [6, 6.07) is 13.6. The van der Waals surface area contributed by atoms with E-state index in [1.807, 2.05) is 18.2 Å². The first-order chi connectivity index (χ1) is 13.7. The molecule has 0 N–H and O–H groups in total. The van der Waals surface area contributed by atoms with Crippen molar-refractivity contribution >= 4 is 17.8 Å². The molecular weight excluding hydrogens is 376 g/mol. The van der Waals surface area contributed by atoms with E-state index in [9.17, 15) is 0 Å². The number of ether oxygens (including phenoxy) is 2. The first-order valence-corrected chi connectivity index (χ1v) is 9.57. The van der Waals surface area contributed by atoms with Gasteiger partial charge in [0.15, 0.2) is 0 Å². The van der Waals surface area contributed by atoms with Gasteiger partial charge in [0.1, 0.15) is 37.4 Å². The summed E-state index contributed by atoms with van der Waals surface area (Å²) in [5.41, 5.74) is 2.09. The lowest BCUT2D eigenvalue weighted by Gasteiger charge is -2.12. The number of hydrogen-bond acceptors (Lipinski definition) is 5. The molecule has 2 aromatic carbocycles. The second-order valence-electron chi connectivity index (χ2n) is 6.34. The average Bonchev–Trinajstić information content (AvgIpc) is 3.24. The Balaban J connectivity index is 1.54. The van der Waals surface area contributed by atoms with Gasteiger partial charge in [0.05, 0.1) is 6.21 Å². The number of rotatable bonds is 9. The SMILES string of the molecule is CCC(C)c1ccc(OCCOc2ccc(Cl)cc2/C=N/n2cnnc2)cc1. The van der Waals surface area contributed by atoms with Crippen molar-refractivity contribution in [1.29, 1.82) is 0 Å². The monoisotopic (exact) mass is 398 g/mol. The zero-order valence-corrected chi connectivity index (χ0v) is 16.7. The Morgan fingerprint density at radius 1 is 1.07 bits per heavy atom. The predicted molar refractivity (Wildman–Crippen MR) is 111 cm³/mol. The summed E-state index contributed by atoms with van der Waals surface area (Å²) in [5.74, 6) is 2.07. The van der Waals surface area contributed by atoms with Gasteiger partial charge in [-0.1, -0.05) is 37.6 Å². The molecule has 0 aliphatic carbocycles. The van der Waals surface area contributed by atoms with E-state index in [1.165, 1.54) is 22.9 Å². The van der Waals surface area contributed by atoms with Gasteiger partial charge in [-0.15, -0.1) is 10.2 Å². The molecule has 0 fully saturated rings. The van der Waals surface area contributed by atoms with E-state index >= 15 is 0 Å². The maximum absolute atomic E-state index is 6.09. The summed E-state index contributed by atoms with van der Waals surface area (Å²) < 4.78 is 13.1. The molecular formula is C21H23ClN4O2. The van der Waals surface area contributed by atoms with Crippen LogP contribution >= 0.6 is 11.6 Å². The first-order valence-electron chi connectivity index (χ1n) is 9.20. The van der Waals surface area contributed by atoms with E-state index in [4.69, 9.17) is 21.1 Å². The molecule has 1 heterocycles. The van der Waals surface area contributed by atoms with Crippen molar-refractivity contribution in [2.45, 2.75) is 26.2 Å². The Hall–Kier alpha value is -2.86. The molecule has 0 saturated heterocycles. The quantitative estimate of drug-likeness (QED) is 0.384. The summed E-state index contributed by atoms with van der Waals surface area (Å²) in [4.78, 5) is 0. The zero-order chi connectivity index (χ0) is 19.8. The van der Waals surface area contributed by atoms with Gasteiger partial charge >= 0.3 is 0 Å². The van der Waals surface area contributed by atoms with Crippen molar-refractivity contribution in [2.24, 2.45) is 5.10 Å². The van der Waals surface area contributed by atoms with Crippen LogP contribution in [0.1, 0.15) is 37.3 Å². The van der Waals surface area contributed by atoms with Crippen molar-refractivity contribution < 1.29 is 9.47 Å². The highest BCUT2D eigenvalue weighted by atomic mass is 35.5. The van der Waals surface area contributed by atoms with Gasteiger partial charge in [-0.3, -0.25) is 0 Å². The molecule has 3 aromatic rings. The Labute approximate surface area is 169 Å². The van der Waals surface area contributed by atoms with Crippen molar-refractivity contribution in [1.82, 2.24) is 14.9 Å². The van der Waals surface area contributed by atoms with Gasteiger partial charge in [-0.05, 0) is 48.2 Å². The van der Waals surface area contributed by atoms with E-state index < -0.39 is 0 Å². The molecule has 7 heteroatoms. The van der Waals surface area contributed by atoms with E-state index in [0.29, 0.717) is 29.9 Å². The van der Waals surface area contributed by atoms with Gasteiger partial charge in [0.25, 0.3) is 0 Å². The fraction of sp³-hybridized carbons (Fsp3) is 0.286. The van der Waals surface area contributed by atoms with E-state index in [0.717, 1.165) is 17.7 Å². The van der Waals surface area contributed by atoms with E-state index in [1.54, 1.807) is 18.3 Å². The van der Waals surface area contributed by atoms with Crippen molar-refractivity contribution in [3.05, 3.63) is 71.3 Å². The van der Waals surface area contributed by atoms with Crippen molar-refractivity contribution in [3.63, 3.8) is 0 Å². The molecule has 3 rings (SSSR count). The number of benzene rings is 2. The first kappa shape index (κ1) is 19.9. The molecule has 0 saturated carbocycles. The third-order valence-corrected chi connectivity index (χ3v) is 4.61. The molecule has 0 bridgehead atoms. The van der Waals surface area contributed by atoms with Crippen molar-refractivity contribution in [3.8, 4) is 11.5 Å². The van der Waals surface area contributed by atoms with Crippen LogP contribution in [0.4, 0.5) is 0 Å². The molecule has 0 amide bonds. The number of nitrogens with zero attached hydrogens (tertiary/aromatic N) is 4. The number of aromatic nitrogens is 3. The number of halogens is 1. The molecule has 1 atom stereocenters. The predicted octanol–water partition coefficient (Wildman–Crippen LogP) is 4.79. The van der Waals surface area contributed by atoms with Crippen LogP contribution in [0.3, 0.4) is 0 Å². The Morgan fingerprint density at radius 3 is 2.50 bits per heavy atom. The molecule has 0 aliphatic rings. The minimum absolute atomic E-state index is 0.405. The van der Waals surface area contributed by atoms with Crippen LogP contribution in [0, 0.1) is 0 Å². The zero-order valence-electron chi connectivity index (χ0n) is 16.0. The standard InChI is InChI=1S/C21H23ClN4O2/c1-3-16(2)17-4-7-20(8-5-17)27-10-11-28-21-9-6-19(22)12-18(21)13-25-26-14-23-24-15-26/h4-9,12-16H,3,10-11H2,1-2H3/b25-13+. The number of hydrogen-bond donors (Lipinski definition) is 0. The van der Waals surface area contributed by atoms with Crippen LogP contribution in [0.2, 0.25) is 5.02 Å². The Kier molecular flexibility index (Phi) is 7.03. The fourth-order valence-corrected chi connectivity index (χ4v) is 2.76. The normalized spacial score (nSPS) is 12.2. The van der Waals surface area contributed by atoms with Gasteiger partial charge < -0.3 is 9.47 Å². The highest BCUT2D eigenvalue weighted by molar-refractivity contribution is 6.30. The lowest BCUT2D eigenvalue weighted by molar-refractivity contribution is 0.217. The molecule has 28 heavy (non-hydrogen) atoms. The summed E-state index contributed by atoms with van der Waals surface area (Å²) in [5, 5.41) is 12.3. The maximum atomic E-state index is 6.09. The van der Waals surface area contributed by atoms with Gasteiger partial charge in [0, 0.05) is 10.6 Å². The van der Waals surface area contributed by atoms with Crippen LogP contribution in [0.5, 0.6) is 11.5 Å². The molecule has 6 nitrogen and oxygen atoms in total. The Morgan fingerprint density at radius 2 is 1.79 bits per heavy atom. The largest absolute Gasteiger partial charge is 0.490 e. The summed E-state index contributed by atoms with van der Waals surface area (Å²) in [6.07, 6.45) is 5.78. The van der Waals surface area contributed by atoms with E-state index in [-0.39, 0.29) is 0 Å². The maximum Gasteiger partial charge on any atom is 0.141 e. The molecule has 0 aliphatic heterocycles. The second kappa shape index (κ2) is 9.90. The minimum atomic E-state index is 0.405. The van der Waals surface area contributed by atoms with Crippen molar-refractivity contribution in [2.75, 3.05) is 13.2 Å². The lowest BCUT2D eigenvalue weighted by Crippen LogP contribution is -2.10. The molecule has 146 valence electrons. The lowest BCUT2D eigenvalue weighted by atomic mass is 9.99. The van der Waals surface area contributed by atoms with Crippen LogP contribution < -0.4 is 9.47 Å². The topological polar surface area (TPSA) is 61.5 Å².